The second-order valence-electron chi connectivity index (χ2n) is 5.82. The summed E-state index contributed by atoms with van der Waals surface area (Å²) in [6.45, 7) is 2.98. The van der Waals surface area contributed by atoms with E-state index < -0.39 is 5.97 Å². The minimum Gasteiger partial charge on any atom is -0.497 e. The summed E-state index contributed by atoms with van der Waals surface area (Å²) in [4.78, 5) is 26.7. The van der Waals surface area contributed by atoms with E-state index in [0.29, 0.717) is 43.1 Å². The number of aromatic nitrogens is 2. The number of rotatable bonds is 4. The molecule has 7 nitrogen and oxygen atoms in total. The van der Waals surface area contributed by atoms with Crippen LogP contribution in [-0.2, 0) is 24.8 Å². The third-order valence-corrected chi connectivity index (χ3v) is 4.29. The average molecular weight is 343 g/mol. The summed E-state index contributed by atoms with van der Waals surface area (Å²) in [6.07, 6.45) is 0.616. The van der Waals surface area contributed by atoms with E-state index in [9.17, 15) is 9.59 Å². The molecule has 2 aromatic rings. The zero-order valence-electron chi connectivity index (χ0n) is 14.6. The summed E-state index contributed by atoms with van der Waals surface area (Å²) in [5.74, 6) is 0.221. The van der Waals surface area contributed by atoms with E-state index >= 15 is 0 Å². The van der Waals surface area contributed by atoms with E-state index in [0.717, 1.165) is 11.3 Å². The van der Waals surface area contributed by atoms with Gasteiger partial charge in [-0.1, -0.05) is 0 Å². The Balaban J connectivity index is 1.84. The van der Waals surface area contributed by atoms with E-state index in [4.69, 9.17) is 9.47 Å². The summed E-state index contributed by atoms with van der Waals surface area (Å²) < 4.78 is 11.8. The molecule has 132 valence electrons. The number of esters is 1. The Morgan fingerprint density at radius 3 is 2.60 bits per heavy atom. The summed E-state index contributed by atoms with van der Waals surface area (Å²) in [5.41, 5.74) is 2.63. The highest BCUT2D eigenvalue weighted by molar-refractivity contribution is 5.95. The molecule has 0 spiro atoms. The molecule has 1 aromatic heterocycles. The lowest BCUT2D eigenvalue weighted by molar-refractivity contribution is 0.0508. The maximum absolute atomic E-state index is 12.8. The molecule has 0 fully saturated rings. The standard InChI is InChI=1S/C18H21N3O4/c1-4-25-18(23)16-14-11-21(10-9-15(14)19-20(16)2)17(22)12-5-7-13(24-3)8-6-12/h5-8H,4,9-11H2,1-3H3. The number of nitrogens with zero attached hydrogens (tertiary/aromatic N) is 3. The molecule has 0 N–H and O–H groups in total. The van der Waals surface area contributed by atoms with Crippen molar-refractivity contribution in [3.63, 3.8) is 0 Å². The van der Waals surface area contributed by atoms with Gasteiger partial charge in [-0.2, -0.15) is 5.10 Å². The van der Waals surface area contributed by atoms with Crippen LogP contribution in [0, 0.1) is 0 Å². The van der Waals surface area contributed by atoms with Crippen LogP contribution >= 0.6 is 0 Å². The molecule has 0 aliphatic carbocycles. The average Bonchev–Trinajstić information content (AvgIpc) is 2.96. The van der Waals surface area contributed by atoms with Gasteiger partial charge in [0.25, 0.3) is 5.91 Å². The van der Waals surface area contributed by atoms with Crippen molar-refractivity contribution in [2.75, 3.05) is 20.3 Å². The van der Waals surface area contributed by atoms with Gasteiger partial charge in [0.2, 0.25) is 0 Å². The Labute approximate surface area is 146 Å². The van der Waals surface area contributed by atoms with Gasteiger partial charge in [-0.25, -0.2) is 4.79 Å². The second kappa shape index (κ2) is 6.96. The molecule has 0 saturated carbocycles. The molecule has 7 heteroatoms. The second-order valence-corrected chi connectivity index (χ2v) is 5.82. The van der Waals surface area contributed by atoms with Gasteiger partial charge in [0, 0.05) is 31.1 Å². The summed E-state index contributed by atoms with van der Waals surface area (Å²) in [5, 5.41) is 4.41. The number of carbonyl (C=O) groups is 2. The van der Waals surface area contributed by atoms with Crippen molar-refractivity contribution in [1.29, 1.82) is 0 Å². The first kappa shape index (κ1) is 17.0. The smallest absolute Gasteiger partial charge is 0.356 e. The van der Waals surface area contributed by atoms with Crippen LogP contribution in [0.25, 0.3) is 0 Å². The number of benzene rings is 1. The third kappa shape index (κ3) is 3.22. The number of fused-ring (bicyclic) bond motifs is 1. The Kier molecular flexibility index (Phi) is 4.74. The molecule has 0 saturated heterocycles. The molecule has 1 aliphatic heterocycles. The van der Waals surface area contributed by atoms with E-state index in [2.05, 4.69) is 5.10 Å². The topological polar surface area (TPSA) is 73.7 Å². The molecule has 3 rings (SSSR count). The highest BCUT2D eigenvalue weighted by atomic mass is 16.5. The van der Waals surface area contributed by atoms with Gasteiger partial charge >= 0.3 is 5.97 Å². The number of hydrogen-bond donors (Lipinski definition) is 0. The largest absolute Gasteiger partial charge is 0.497 e. The molecule has 25 heavy (non-hydrogen) atoms. The third-order valence-electron chi connectivity index (χ3n) is 4.29. The summed E-state index contributed by atoms with van der Waals surface area (Å²) in [6, 6.07) is 7.01. The fourth-order valence-electron chi connectivity index (χ4n) is 3.05. The predicted octanol–water partition coefficient (Wildman–Crippen LogP) is 1.80. The first-order valence-corrected chi connectivity index (χ1v) is 8.20. The van der Waals surface area contributed by atoms with Crippen LogP contribution in [-0.4, -0.2) is 46.8 Å². The Bertz CT molecular complexity index is 795. The number of methoxy groups -OCH3 is 1. The fraction of sp³-hybridized carbons (Fsp3) is 0.389. The molecule has 0 bridgehead atoms. The number of carbonyl (C=O) groups excluding carboxylic acids is 2. The minimum atomic E-state index is -0.405. The van der Waals surface area contributed by atoms with E-state index in [-0.39, 0.29) is 5.91 Å². The van der Waals surface area contributed by atoms with Crippen molar-refractivity contribution in [3.8, 4) is 5.75 Å². The maximum atomic E-state index is 12.8. The van der Waals surface area contributed by atoms with Crippen LogP contribution < -0.4 is 4.74 Å². The quantitative estimate of drug-likeness (QED) is 0.792. The van der Waals surface area contributed by atoms with Crippen molar-refractivity contribution >= 4 is 11.9 Å². The van der Waals surface area contributed by atoms with E-state index in [1.807, 2.05) is 0 Å². The Morgan fingerprint density at radius 2 is 1.96 bits per heavy atom. The summed E-state index contributed by atoms with van der Waals surface area (Å²) >= 11 is 0. The molecule has 1 amide bonds. The zero-order chi connectivity index (χ0) is 18.0. The van der Waals surface area contributed by atoms with Gasteiger partial charge in [0.1, 0.15) is 5.75 Å². The minimum absolute atomic E-state index is 0.0769. The maximum Gasteiger partial charge on any atom is 0.356 e. The number of amides is 1. The SMILES string of the molecule is CCOC(=O)c1c2c(nn1C)CCN(C(=O)c1ccc(OC)cc1)C2. The molecule has 1 aliphatic rings. The lowest BCUT2D eigenvalue weighted by Crippen LogP contribution is -2.36. The van der Waals surface area contributed by atoms with Gasteiger partial charge in [0.05, 0.1) is 26.0 Å². The van der Waals surface area contributed by atoms with Crippen molar-refractivity contribution in [3.05, 3.63) is 46.8 Å². The monoisotopic (exact) mass is 343 g/mol. The normalized spacial score (nSPS) is 13.3. The van der Waals surface area contributed by atoms with Crippen molar-refractivity contribution < 1.29 is 19.1 Å². The van der Waals surface area contributed by atoms with E-state index in [1.165, 1.54) is 0 Å². The van der Waals surface area contributed by atoms with Crippen LogP contribution in [0.2, 0.25) is 0 Å². The number of hydrogen-bond acceptors (Lipinski definition) is 5. The molecule has 2 heterocycles. The van der Waals surface area contributed by atoms with Crippen molar-refractivity contribution in [2.45, 2.75) is 19.9 Å². The lowest BCUT2D eigenvalue weighted by Gasteiger charge is -2.27. The molecular formula is C18H21N3O4. The van der Waals surface area contributed by atoms with Gasteiger partial charge in [-0.15, -0.1) is 0 Å². The van der Waals surface area contributed by atoms with Crippen LogP contribution in [0.1, 0.15) is 39.0 Å². The molecule has 0 unspecified atom stereocenters. The lowest BCUT2D eigenvalue weighted by atomic mass is 10.0. The predicted molar refractivity (Wildman–Crippen MR) is 90.6 cm³/mol. The first-order valence-electron chi connectivity index (χ1n) is 8.20. The van der Waals surface area contributed by atoms with Gasteiger partial charge < -0.3 is 14.4 Å². The molecule has 0 atom stereocenters. The molecular weight excluding hydrogens is 322 g/mol. The van der Waals surface area contributed by atoms with Crippen molar-refractivity contribution in [2.24, 2.45) is 7.05 Å². The van der Waals surface area contributed by atoms with Gasteiger partial charge in [0.15, 0.2) is 5.69 Å². The van der Waals surface area contributed by atoms with Gasteiger partial charge in [-0.3, -0.25) is 9.48 Å². The van der Waals surface area contributed by atoms with Crippen LogP contribution in [0.15, 0.2) is 24.3 Å². The van der Waals surface area contributed by atoms with Crippen LogP contribution in [0.5, 0.6) is 5.75 Å². The van der Waals surface area contributed by atoms with Crippen LogP contribution in [0.3, 0.4) is 0 Å². The Morgan fingerprint density at radius 1 is 1.24 bits per heavy atom. The Hall–Kier alpha value is -2.83. The number of aryl methyl sites for hydroxylation is 1. The first-order chi connectivity index (χ1) is 12.0. The molecule has 1 aromatic carbocycles. The van der Waals surface area contributed by atoms with Crippen molar-refractivity contribution in [1.82, 2.24) is 14.7 Å². The highest BCUT2D eigenvalue weighted by Crippen LogP contribution is 2.24. The zero-order valence-corrected chi connectivity index (χ0v) is 14.6. The van der Waals surface area contributed by atoms with Crippen LogP contribution in [0.4, 0.5) is 0 Å². The summed E-state index contributed by atoms with van der Waals surface area (Å²) in [7, 11) is 3.31. The van der Waals surface area contributed by atoms with Gasteiger partial charge in [-0.05, 0) is 31.2 Å². The fourth-order valence-corrected chi connectivity index (χ4v) is 3.05. The number of ether oxygens (including phenoxy) is 2. The molecule has 0 radical (unpaired) electrons. The highest BCUT2D eigenvalue weighted by Gasteiger charge is 2.30. The van der Waals surface area contributed by atoms with E-state index in [1.54, 1.807) is 54.9 Å².